The Morgan fingerprint density at radius 2 is 1.26 bits per heavy atom. The molecule has 2 aromatic heterocycles. The number of imide groups is 2. The number of hydrogen-bond acceptors (Lipinski definition) is 5. The van der Waals surface area contributed by atoms with E-state index in [1.165, 1.54) is 9.80 Å². The van der Waals surface area contributed by atoms with Crippen molar-refractivity contribution in [2.45, 2.75) is 25.7 Å². The van der Waals surface area contributed by atoms with Gasteiger partial charge in [-0.1, -0.05) is 29.7 Å². The van der Waals surface area contributed by atoms with Gasteiger partial charge in [0.1, 0.15) is 0 Å². The second-order valence-corrected chi connectivity index (χ2v) is 9.20. The van der Waals surface area contributed by atoms with Gasteiger partial charge in [0.25, 0.3) is 0 Å². The van der Waals surface area contributed by atoms with Crippen LogP contribution in [0.25, 0.3) is 38.6 Å². The van der Waals surface area contributed by atoms with Gasteiger partial charge >= 0.3 is 0 Å². The zero-order valence-corrected chi connectivity index (χ0v) is 22.3. The van der Waals surface area contributed by atoms with Gasteiger partial charge in [0, 0.05) is 63.1 Å². The van der Waals surface area contributed by atoms with E-state index >= 15 is 0 Å². The molecule has 4 heterocycles. The minimum Gasteiger partial charge on any atom is -0.333 e. The molecule has 2 saturated heterocycles. The summed E-state index contributed by atoms with van der Waals surface area (Å²) < 4.78 is 1.95. The fourth-order valence-corrected chi connectivity index (χ4v) is 5.55. The SMILES string of the molecule is O=C1CCC(=O)N1c1cccc(N2C(=O)CCC2=O)c1-c1cnc2c3[c-]cccc3c3ccccc3n12.[Ir]. The van der Waals surface area contributed by atoms with E-state index in [1.807, 2.05) is 46.9 Å². The maximum absolute atomic E-state index is 12.8. The normalized spacial score (nSPS) is 15.9. The maximum Gasteiger partial charge on any atom is 0.234 e. The van der Waals surface area contributed by atoms with Crippen LogP contribution >= 0.6 is 0 Å². The van der Waals surface area contributed by atoms with Gasteiger partial charge in [-0.05, 0) is 23.6 Å². The van der Waals surface area contributed by atoms with Crippen LogP contribution in [0, 0.1) is 6.07 Å². The molecule has 0 atom stereocenters. The number of benzene rings is 3. The number of hydrogen-bond donors (Lipinski definition) is 0. The molecule has 189 valence electrons. The van der Waals surface area contributed by atoms with Crippen LogP contribution in [0.4, 0.5) is 11.4 Å². The molecule has 9 heteroatoms. The van der Waals surface area contributed by atoms with Crippen molar-refractivity contribution in [3.63, 3.8) is 0 Å². The minimum absolute atomic E-state index is 0. The first-order valence-electron chi connectivity index (χ1n) is 12.1. The molecule has 0 spiro atoms. The van der Waals surface area contributed by atoms with Crippen LogP contribution in [0.3, 0.4) is 0 Å². The first-order valence-corrected chi connectivity index (χ1v) is 12.1. The van der Waals surface area contributed by atoms with E-state index in [0.717, 1.165) is 21.7 Å². The van der Waals surface area contributed by atoms with Gasteiger partial charge in [-0.2, -0.15) is 0 Å². The summed E-state index contributed by atoms with van der Waals surface area (Å²) in [5.41, 5.74) is 3.17. The Morgan fingerprint density at radius 1 is 0.684 bits per heavy atom. The number of rotatable bonds is 3. The second kappa shape index (κ2) is 8.97. The second-order valence-electron chi connectivity index (χ2n) is 9.20. The molecular formula is C29H19IrN4O4-. The van der Waals surface area contributed by atoms with Gasteiger partial charge in [0.05, 0.1) is 22.7 Å². The summed E-state index contributed by atoms with van der Waals surface area (Å²) in [5.74, 6) is -1.28. The molecule has 0 N–H and O–H groups in total. The quantitative estimate of drug-likeness (QED) is 0.160. The van der Waals surface area contributed by atoms with Crippen LogP contribution < -0.4 is 9.80 Å². The minimum atomic E-state index is -0.320. The molecule has 2 aliphatic heterocycles. The molecule has 0 saturated carbocycles. The summed E-state index contributed by atoms with van der Waals surface area (Å²) in [6.45, 7) is 0. The maximum atomic E-state index is 12.8. The topological polar surface area (TPSA) is 92.1 Å². The summed E-state index contributed by atoms with van der Waals surface area (Å²) in [7, 11) is 0. The molecular weight excluding hydrogens is 661 g/mol. The molecule has 0 aliphatic carbocycles. The Labute approximate surface area is 230 Å². The number of aromatic nitrogens is 2. The van der Waals surface area contributed by atoms with Gasteiger partial charge in [-0.3, -0.25) is 24.2 Å². The Kier molecular flexibility index (Phi) is 5.70. The van der Waals surface area contributed by atoms with E-state index in [1.54, 1.807) is 24.4 Å². The fraction of sp³-hybridized carbons (Fsp3) is 0.138. The van der Waals surface area contributed by atoms with Crippen molar-refractivity contribution in [2.24, 2.45) is 0 Å². The zero-order chi connectivity index (χ0) is 25.3. The average molecular weight is 680 g/mol. The van der Waals surface area contributed by atoms with Crippen LogP contribution in [-0.2, 0) is 39.3 Å². The first-order chi connectivity index (χ1) is 18.0. The fourth-order valence-electron chi connectivity index (χ4n) is 5.55. The molecule has 1 radical (unpaired) electrons. The number of fused-ring (bicyclic) bond motifs is 6. The zero-order valence-electron chi connectivity index (χ0n) is 19.9. The third kappa shape index (κ3) is 3.36. The van der Waals surface area contributed by atoms with E-state index in [9.17, 15) is 19.2 Å². The standard InChI is InChI=1S/C29H19N4O4.Ir/c34-24-12-13-25(35)32(24)21-10-5-11-22(33-26(36)14-15-27(33)37)28(21)23-16-30-29-19-8-2-1-6-17(19)18-7-3-4-9-20(18)31(23)29;/h1-7,9-11,16H,12-15H2;/q-1;. The number of anilines is 2. The number of imidazole rings is 1. The molecule has 4 amide bonds. The Bertz CT molecular complexity index is 1760. The van der Waals surface area contributed by atoms with Crippen LogP contribution in [0.5, 0.6) is 0 Å². The van der Waals surface area contributed by atoms with Gasteiger partial charge in [0.15, 0.2) is 0 Å². The number of pyridine rings is 1. The van der Waals surface area contributed by atoms with Crippen molar-refractivity contribution < 1.29 is 39.3 Å². The van der Waals surface area contributed by atoms with E-state index < -0.39 is 0 Å². The van der Waals surface area contributed by atoms with Crippen molar-refractivity contribution >= 4 is 62.3 Å². The molecule has 2 fully saturated rings. The number of para-hydroxylation sites is 1. The number of nitrogens with zero attached hydrogens (tertiary/aromatic N) is 4. The molecule has 5 aromatic rings. The first kappa shape index (κ1) is 24.2. The summed E-state index contributed by atoms with van der Waals surface area (Å²) >= 11 is 0. The number of carbonyl (C=O) groups is 4. The monoisotopic (exact) mass is 680 g/mol. The molecule has 7 rings (SSSR count). The molecule has 0 unspecified atom stereocenters. The smallest absolute Gasteiger partial charge is 0.234 e. The Balaban J connectivity index is 0.00000264. The molecule has 0 bridgehead atoms. The summed E-state index contributed by atoms with van der Waals surface area (Å²) in [4.78, 5) is 58.5. The van der Waals surface area contributed by atoms with Crippen molar-refractivity contribution in [3.05, 3.63) is 72.9 Å². The molecule has 3 aromatic carbocycles. The van der Waals surface area contributed by atoms with Gasteiger partial charge in [-0.25, -0.2) is 9.80 Å². The van der Waals surface area contributed by atoms with Crippen molar-refractivity contribution in [2.75, 3.05) is 9.80 Å². The van der Waals surface area contributed by atoms with E-state index in [2.05, 4.69) is 6.07 Å². The predicted molar refractivity (Wildman–Crippen MR) is 138 cm³/mol. The Hall–Kier alpha value is -4.20. The Morgan fingerprint density at radius 3 is 1.89 bits per heavy atom. The van der Waals surface area contributed by atoms with Gasteiger partial charge in [-0.15, -0.1) is 29.7 Å². The van der Waals surface area contributed by atoms with E-state index in [-0.39, 0.29) is 69.4 Å². The average Bonchev–Trinajstić information content (AvgIpc) is 3.60. The largest absolute Gasteiger partial charge is 0.333 e. The molecule has 38 heavy (non-hydrogen) atoms. The van der Waals surface area contributed by atoms with Crippen molar-refractivity contribution in [1.82, 2.24) is 9.38 Å². The summed E-state index contributed by atoms with van der Waals surface area (Å²) in [6, 6.07) is 22.0. The van der Waals surface area contributed by atoms with Crippen LogP contribution in [-0.4, -0.2) is 33.0 Å². The summed E-state index contributed by atoms with van der Waals surface area (Å²) in [5, 5.41) is 2.78. The van der Waals surface area contributed by atoms with Gasteiger partial charge < -0.3 is 4.40 Å². The molecule has 8 nitrogen and oxygen atoms in total. The van der Waals surface area contributed by atoms with Gasteiger partial charge in [0.2, 0.25) is 23.6 Å². The van der Waals surface area contributed by atoms with Crippen molar-refractivity contribution in [1.29, 1.82) is 0 Å². The van der Waals surface area contributed by atoms with Crippen LogP contribution in [0.1, 0.15) is 25.7 Å². The third-order valence-electron chi connectivity index (χ3n) is 7.14. The van der Waals surface area contributed by atoms with Crippen LogP contribution in [0.15, 0.2) is 66.9 Å². The van der Waals surface area contributed by atoms with Crippen molar-refractivity contribution in [3.8, 4) is 11.3 Å². The van der Waals surface area contributed by atoms with E-state index in [4.69, 9.17) is 4.98 Å². The van der Waals surface area contributed by atoms with E-state index in [0.29, 0.717) is 28.3 Å². The summed E-state index contributed by atoms with van der Waals surface area (Å²) in [6.07, 6.45) is 2.11. The number of carbonyl (C=O) groups excluding carboxylic acids is 4. The predicted octanol–water partition coefficient (Wildman–Crippen LogP) is 4.41. The third-order valence-corrected chi connectivity index (χ3v) is 7.14. The molecule has 2 aliphatic rings. The number of amides is 4. The van der Waals surface area contributed by atoms with Crippen LogP contribution in [0.2, 0.25) is 0 Å².